The van der Waals surface area contributed by atoms with Crippen molar-refractivity contribution in [3.63, 3.8) is 0 Å². The van der Waals surface area contributed by atoms with E-state index in [0.29, 0.717) is 22.7 Å². The van der Waals surface area contributed by atoms with Crippen molar-refractivity contribution in [2.45, 2.75) is 59.2 Å². The van der Waals surface area contributed by atoms with Crippen LogP contribution in [-0.4, -0.2) is 18.0 Å². The summed E-state index contributed by atoms with van der Waals surface area (Å²) in [4.78, 5) is 0. The van der Waals surface area contributed by atoms with Crippen LogP contribution >= 0.6 is 0 Å². The van der Waals surface area contributed by atoms with Crippen LogP contribution in [0.25, 0.3) is 0 Å². The molecule has 98 valence electrons. The van der Waals surface area contributed by atoms with E-state index in [1.165, 1.54) is 32.1 Å². The van der Waals surface area contributed by atoms with Crippen molar-refractivity contribution >= 4 is 0 Å². The van der Waals surface area contributed by atoms with Crippen molar-refractivity contribution in [3.05, 3.63) is 0 Å². The Kier molecular flexibility index (Phi) is 2.61. The summed E-state index contributed by atoms with van der Waals surface area (Å²) < 4.78 is 5.54. The number of rotatable bonds is 0. The number of aliphatic hydroxyl groups excluding tert-OH is 1. The Balaban J connectivity index is 1.96. The number of hydrogen-bond acceptors (Lipinski definition) is 2. The van der Waals surface area contributed by atoms with Crippen LogP contribution in [0.5, 0.6) is 0 Å². The van der Waals surface area contributed by atoms with Crippen molar-refractivity contribution in [2.75, 3.05) is 6.61 Å². The first kappa shape index (κ1) is 12.0. The average molecular weight is 238 g/mol. The second-order valence-electron chi connectivity index (χ2n) is 7.49. The molecule has 0 aromatic carbocycles. The van der Waals surface area contributed by atoms with Gasteiger partial charge in [0, 0.05) is 5.92 Å². The van der Waals surface area contributed by atoms with E-state index in [1.807, 2.05) is 0 Å². The Morgan fingerprint density at radius 3 is 2.65 bits per heavy atom. The van der Waals surface area contributed by atoms with Gasteiger partial charge in [-0.2, -0.15) is 0 Å². The molecule has 0 bridgehead atoms. The van der Waals surface area contributed by atoms with Crippen molar-refractivity contribution in [3.8, 4) is 0 Å². The van der Waals surface area contributed by atoms with E-state index in [9.17, 15) is 5.11 Å². The maximum Gasteiger partial charge on any atom is 0.158 e. The maximum atomic E-state index is 10.2. The van der Waals surface area contributed by atoms with Crippen molar-refractivity contribution in [2.24, 2.45) is 28.6 Å². The molecule has 0 amide bonds. The second-order valence-corrected chi connectivity index (χ2v) is 7.49. The predicted octanol–water partition coefficient (Wildman–Crippen LogP) is 3.19. The molecule has 5 atom stereocenters. The molecule has 0 aromatic rings. The zero-order valence-electron chi connectivity index (χ0n) is 11.4. The van der Waals surface area contributed by atoms with Crippen molar-refractivity contribution in [1.82, 2.24) is 0 Å². The molecule has 0 unspecified atom stereocenters. The first-order chi connectivity index (χ1) is 7.95. The lowest BCUT2D eigenvalue weighted by atomic mass is 9.47. The number of fused-ring (bicyclic) bond motifs is 3. The first-order valence-corrected chi connectivity index (χ1v) is 7.25. The van der Waals surface area contributed by atoms with E-state index >= 15 is 0 Å². The van der Waals surface area contributed by atoms with Gasteiger partial charge in [-0.15, -0.1) is 0 Å². The predicted molar refractivity (Wildman–Crippen MR) is 67.4 cm³/mol. The highest BCUT2D eigenvalue weighted by Gasteiger charge is 2.58. The summed E-state index contributed by atoms with van der Waals surface area (Å²) in [5, 5.41) is 10.2. The summed E-state index contributed by atoms with van der Waals surface area (Å²) in [6.45, 7) is 8.07. The fourth-order valence-corrected chi connectivity index (χ4v) is 5.46. The van der Waals surface area contributed by atoms with Crippen molar-refractivity contribution < 1.29 is 9.84 Å². The van der Waals surface area contributed by atoms with Crippen LogP contribution in [-0.2, 0) is 4.74 Å². The molecule has 1 heterocycles. The summed E-state index contributed by atoms with van der Waals surface area (Å²) in [7, 11) is 0. The van der Waals surface area contributed by atoms with E-state index < -0.39 is 6.29 Å². The molecule has 3 aliphatic rings. The lowest BCUT2D eigenvalue weighted by Gasteiger charge is -2.58. The lowest BCUT2D eigenvalue weighted by molar-refractivity contribution is -0.157. The molecule has 1 N–H and O–H groups in total. The highest BCUT2D eigenvalue weighted by molar-refractivity contribution is 5.05. The Morgan fingerprint density at radius 2 is 1.88 bits per heavy atom. The molecule has 2 saturated carbocycles. The van der Waals surface area contributed by atoms with Gasteiger partial charge in [0.1, 0.15) is 0 Å². The van der Waals surface area contributed by atoms with Gasteiger partial charge >= 0.3 is 0 Å². The van der Waals surface area contributed by atoms with Crippen LogP contribution in [0.2, 0.25) is 0 Å². The molecule has 3 fully saturated rings. The zero-order chi connectivity index (χ0) is 12.3. The molecule has 0 radical (unpaired) electrons. The number of ether oxygens (including phenoxy) is 1. The fourth-order valence-electron chi connectivity index (χ4n) is 5.46. The number of hydrogen-bond donors (Lipinski definition) is 1. The average Bonchev–Trinajstić information content (AvgIpc) is 2.60. The molecule has 2 nitrogen and oxygen atoms in total. The van der Waals surface area contributed by atoms with Gasteiger partial charge < -0.3 is 9.84 Å². The van der Waals surface area contributed by atoms with Gasteiger partial charge in [-0.3, -0.25) is 0 Å². The molecule has 1 saturated heterocycles. The Morgan fingerprint density at radius 1 is 1.12 bits per heavy atom. The molecular weight excluding hydrogens is 212 g/mol. The Bertz CT molecular complexity index is 308. The SMILES string of the molecule is CC1(C)CCC[C@]2(C)[C@@H]3[C@H](CC[C@@H]12)CO[C@@H]3O. The minimum atomic E-state index is -0.498. The van der Waals surface area contributed by atoms with Gasteiger partial charge in [0.15, 0.2) is 6.29 Å². The lowest BCUT2D eigenvalue weighted by Crippen LogP contribution is -2.53. The third kappa shape index (κ3) is 1.60. The Labute approximate surface area is 105 Å². The van der Waals surface area contributed by atoms with Crippen LogP contribution in [0, 0.1) is 28.6 Å². The van der Waals surface area contributed by atoms with E-state index in [2.05, 4.69) is 20.8 Å². The highest BCUT2D eigenvalue weighted by Crippen LogP contribution is 2.63. The van der Waals surface area contributed by atoms with Gasteiger partial charge in [0.25, 0.3) is 0 Å². The normalized spacial score (nSPS) is 52.9. The van der Waals surface area contributed by atoms with E-state index in [0.717, 1.165) is 12.5 Å². The summed E-state index contributed by atoms with van der Waals surface area (Å²) >= 11 is 0. The summed E-state index contributed by atoms with van der Waals surface area (Å²) in [6, 6.07) is 0. The molecule has 2 aliphatic carbocycles. The van der Waals surface area contributed by atoms with Crippen LogP contribution in [0.15, 0.2) is 0 Å². The smallest absolute Gasteiger partial charge is 0.158 e. The number of aliphatic hydroxyl groups is 1. The van der Waals surface area contributed by atoms with Crippen LogP contribution in [0.3, 0.4) is 0 Å². The second kappa shape index (κ2) is 3.71. The topological polar surface area (TPSA) is 29.5 Å². The molecule has 17 heavy (non-hydrogen) atoms. The third-order valence-electron chi connectivity index (χ3n) is 6.16. The van der Waals surface area contributed by atoms with Gasteiger partial charge in [-0.05, 0) is 48.3 Å². The Hall–Kier alpha value is -0.0800. The zero-order valence-corrected chi connectivity index (χ0v) is 11.4. The fraction of sp³-hybridized carbons (Fsp3) is 1.00. The molecule has 0 spiro atoms. The first-order valence-electron chi connectivity index (χ1n) is 7.25. The van der Waals surface area contributed by atoms with E-state index in [4.69, 9.17) is 4.74 Å². The standard InChI is InChI=1S/C15H26O2/c1-14(2)7-4-8-15(3)11(14)6-5-10-9-17-13(16)12(10)15/h10-13,16H,4-9H2,1-3H3/t10-,11+,12-,13+,15+/m1/s1. The van der Waals surface area contributed by atoms with E-state index in [1.54, 1.807) is 0 Å². The quantitative estimate of drug-likeness (QED) is 0.702. The van der Waals surface area contributed by atoms with Crippen LogP contribution < -0.4 is 0 Å². The minimum Gasteiger partial charge on any atom is -0.368 e. The van der Waals surface area contributed by atoms with Crippen molar-refractivity contribution in [1.29, 1.82) is 0 Å². The summed E-state index contributed by atoms with van der Waals surface area (Å²) in [5.74, 6) is 1.77. The highest BCUT2D eigenvalue weighted by atomic mass is 16.6. The minimum absolute atomic E-state index is 0.306. The van der Waals surface area contributed by atoms with Gasteiger partial charge in [0.2, 0.25) is 0 Å². The third-order valence-corrected chi connectivity index (χ3v) is 6.16. The van der Waals surface area contributed by atoms with Gasteiger partial charge in [-0.25, -0.2) is 0 Å². The van der Waals surface area contributed by atoms with Gasteiger partial charge in [-0.1, -0.05) is 27.2 Å². The molecule has 1 aliphatic heterocycles. The van der Waals surface area contributed by atoms with E-state index in [-0.39, 0.29) is 0 Å². The summed E-state index contributed by atoms with van der Waals surface area (Å²) in [6.07, 6.45) is 6.04. The van der Waals surface area contributed by atoms with Gasteiger partial charge in [0.05, 0.1) is 6.61 Å². The molecule has 0 aromatic heterocycles. The van der Waals surface area contributed by atoms with Crippen LogP contribution in [0.1, 0.15) is 52.9 Å². The molecule has 3 rings (SSSR count). The molecule has 2 heteroatoms. The molecular formula is C15H26O2. The largest absolute Gasteiger partial charge is 0.368 e. The van der Waals surface area contributed by atoms with Crippen LogP contribution in [0.4, 0.5) is 0 Å². The maximum absolute atomic E-state index is 10.2. The summed E-state index contributed by atoms with van der Waals surface area (Å²) in [5.41, 5.74) is 0.751. The monoisotopic (exact) mass is 238 g/mol.